The molecule has 2 rings (SSSR count). The molecule has 6 nitrogen and oxygen atoms in total. The Hall–Kier alpha value is -2.45. The van der Waals surface area contributed by atoms with Crippen molar-refractivity contribution < 1.29 is 22.8 Å². The van der Waals surface area contributed by atoms with E-state index < -0.39 is 29.7 Å². The van der Waals surface area contributed by atoms with Crippen molar-refractivity contribution in [3.05, 3.63) is 29.8 Å². The molecule has 0 radical (unpaired) electrons. The van der Waals surface area contributed by atoms with Crippen molar-refractivity contribution in [3.8, 4) is 0 Å². The first-order valence-electron chi connectivity index (χ1n) is 6.59. The quantitative estimate of drug-likeness (QED) is 0.742. The van der Waals surface area contributed by atoms with Crippen LogP contribution in [0.5, 0.6) is 0 Å². The molecule has 1 aromatic carbocycles. The third-order valence-corrected chi connectivity index (χ3v) is 3.39. The van der Waals surface area contributed by atoms with Gasteiger partial charge in [-0.3, -0.25) is 15.6 Å². The summed E-state index contributed by atoms with van der Waals surface area (Å²) in [4.78, 5) is 24.4. The van der Waals surface area contributed by atoms with Crippen LogP contribution in [-0.2, 0) is 11.0 Å². The summed E-state index contributed by atoms with van der Waals surface area (Å²) in [5.74, 6) is -0.603. The fourth-order valence-corrected chi connectivity index (χ4v) is 2.35. The average Bonchev–Trinajstić information content (AvgIpc) is 2.93. The first-order chi connectivity index (χ1) is 10.3. The van der Waals surface area contributed by atoms with Gasteiger partial charge in [-0.1, -0.05) is 12.1 Å². The zero-order valence-corrected chi connectivity index (χ0v) is 11.5. The molecule has 1 aromatic rings. The minimum Gasteiger partial charge on any atom is -0.351 e. The number of anilines is 1. The molecule has 0 aliphatic carbocycles. The number of carbonyl (C=O) groups is 2. The molecule has 9 heteroatoms. The number of hydrogen-bond donors (Lipinski definition) is 3. The van der Waals surface area contributed by atoms with Crippen molar-refractivity contribution in [1.29, 1.82) is 0 Å². The van der Waals surface area contributed by atoms with Crippen molar-refractivity contribution in [2.24, 2.45) is 5.73 Å². The van der Waals surface area contributed by atoms with Crippen molar-refractivity contribution in [3.63, 3.8) is 0 Å². The van der Waals surface area contributed by atoms with Crippen molar-refractivity contribution in [2.45, 2.75) is 25.1 Å². The number of halogens is 3. The van der Waals surface area contributed by atoms with Gasteiger partial charge in [0.2, 0.25) is 0 Å². The summed E-state index contributed by atoms with van der Waals surface area (Å²) in [7, 11) is 0. The highest BCUT2D eigenvalue weighted by atomic mass is 19.4. The van der Waals surface area contributed by atoms with E-state index in [0.717, 1.165) is 6.07 Å². The molecule has 0 aromatic heterocycles. The number of hydrazine groups is 1. The van der Waals surface area contributed by atoms with E-state index in [1.165, 1.54) is 23.1 Å². The number of para-hydroxylation sites is 1. The third kappa shape index (κ3) is 3.41. The van der Waals surface area contributed by atoms with E-state index in [-0.39, 0.29) is 5.69 Å². The Kier molecular flexibility index (Phi) is 4.43. The molecule has 0 saturated carbocycles. The lowest BCUT2D eigenvalue weighted by Crippen LogP contribution is -2.49. The second-order valence-electron chi connectivity index (χ2n) is 4.85. The summed E-state index contributed by atoms with van der Waals surface area (Å²) >= 11 is 0. The van der Waals surface area contributed by atoms with Crippen LogP contribution in [0.15, 0.2) is 24.3 Å². The number of nitrogens with two attached hydrogens (primary N) is 1. The molecular weight excluding hydrogens is 301 g/mol. The molecule has 1 aliphatic heterocycles. The maximum atomic E-state index is 12.8. The fraction of sp³-hybridized carbons (Fsp3) is 0.385. The molecule has 4 N–H and O–H groups in total. The van der Waals surface area contributed by atoms with Gasteiger partial charge >= 0.3 is 12.2 Å². The van der Waals surface area contributed by atoms with Crippen LogP contribution in [0.25, 0.3) is 0 Å². The normalized spacial score (nSPS) is 18.1. The van der Waals surface area contributed by atoms with Gasteiger partial charge < -0.3 is 10.6 Å². The van der Waals surface area contributed by atoms with Gasteiger partial charge in [-0.25, -0.2) is 4.79 Å². The van der Waals surface area contributed by atoms with Crippen molar-refractivity contribution in [2.75, 3.05) is 12.0 Å². The summed E-state index contributed by atoms with van der Waals surface area (Å²) in [6, 6.07) is 3.26. The summed E-state index contributed by atoms with van der Waals surface area (Å²) in [6.45, 7) is 0.354. The molecule has 120 valence electrons. The number of amides is 3. The van der Waals surface area contributed by atoms with Gasteiger partial charge in [-0.05, 0) is 25.0 Å². The van der Waals surface area contributed by atoms with E-state index >= 15 is 0 Å². The molecule has 1 aliphatic rings. The van der Waals surface area contributed by atoms with Crippen molar-refractivity contribution in [1.82, 2.24) is 10.3 Å². The number of hydrogen-bond acceptors (Lipinski definition) is 3. The molecule has 0 bridgehead atoms. The zero-order valence-electron chi connectivity index (χ0n) is 11.5. The highest BCUT2D eigenvalue weighted by molar-refractivity contribution is 5.87. The predicted octanol–water partition coefficient (Wildman–Crippen LogP) is 1.69. The van der Waals surface area contributed by atoms with Crippen LogP contribution in [0.1, 0.15) is 18.4 Å². The van der Waals surface area contributed by atoms with E-state index in [4.69, 9.17) is 5.73 Å². The van der Waals surface area contributed by atoms with Gasteiger partial charge in [0.25, 0.3) is 5.91 Å². The summed E-state index contributed by atoms with van der Waals surface area (Å²) in [6.07, 6.45) is -3.52. The number of nitrogens with one attached hydrogen (secondary N) is 2. The topological polar surface area (TPSA) is 87.5 Å². The molecule has 1 saturated heterocycles. The van der Waals surface area contributed by atoms with Gasteiger partial charge in [-0.2, -0.15) is 13.2 Å². The minimum absolute atomic E-state index is 0.271. The van der Waals surface area contributed by atoms with Crippen LogP contribution >= 0.6 is 0 Å². The van der Waals surface area contributed by atoms with Crippen LogP contribution in [0.4, 0.5) is 23.7 Å². The lowest BCUT2D eigenvalue weighted by Gasteiger charge is -2.22. The molecule has 1 fully saturated rings. The number of benzene rings is 1. The highest BCUT2D eigenvalue weighted by Crippen LogP contribution is 2.34. The van der Waals surface area contributed by atoms with Crippen molar-refractivity contribution >= 4 is 17.6 Å². The van der Waals surface area contributed by atoms with E-state index in [0.29, 0.717) is 19.4 Å². The summed E-state index contributed by atoms with van der Waals surface area (Å²) in [5.41, 5.74) is 8.44. The molecule has 1 heterocycles. The Morgan fingerprint density at radius 1 is 1.27 bits per heavy atom. The second-order valence-corrected chi connectivity index (χ2v) is 4.85. The lowest BCUT2D eigenvalue weighted by molar-refractivity contribution is -0.137. The number of primary amides is 1. The SMILES string of the molecule is NC(=O)N1CCCC1C(=O)NNc1ccccc1C(F)(F)F. The first kappa shape index (κ1) is 15.9. The molecule has 0 spiro atoms. The second kappa shape index (κ2) is 6.12. The van der Waals surface area contributed by atoms with Crippen LogP contribution < -0.4 is 16.6 Å². The van der Waals surface area contributed by atoms with Crippen LogP contribution in [0.2, 0.25) is 0 Å². The van der Waals surface area contributed by atoms with E-state index in [1.54, 1.807) is 0 Å². The van der Waals surface area contributed by atoms with Gasteiger partial charge in [0.15, 0.2) is 0 Å². The monoisotopic (exact) mass is 316 g/mol. The average molecular weight is 316 g/mol. The lowest BCUT2D eigenvalue weighted by atomic mass is 10.2. The maximum Gasteiger partial charge on any atom is 0.418 e. The molecular formula is C13H15F3N4O2. The summed E-state index contributed by atoms with van der Waals surface area (Å²) in [5, 5.41) is 0. The van der Waals surface area contributed by atoms with Crippen LogP contribution in [0, 0.1) is 0 Å². The Morgan fingerprint density at radius 3 is 2.59 bits per heavy atom. The van der Waals surface area contributed by atoms with Gasteiger partial charge in [0, 0.05) is 6.54 Å². The predicted molar refractivity (Wildman–Crippen MR) is 72.5 cm³/mol. The van der Waals surface area contributed by atoms with Crippen LogP contribution in [0.3, 0.4) is 0 Å². The Labute approximate surface area is 124 Å². The van der Waals surface area contributed by atoms with Gasteiger partial charge in [0.05, 0.1) is 11.3 Å². The third-order valence-electron chi connectivity index (χ3n) is 3.39. The van der Waals surface area contributed by atoms with E-state index in [1.807, 2.05) is 0 Å². The molecule has 22 heavy (non-hydrogen) atoms. The summed E-state index contributed by atoms with van der Waals surface area (Å²) < 4.78 is 38.5. The fourth-order valence-electron chi connectivity index (χ4n) is 2.35. The van der Waals surface area contributed by atoms with Crippen LogP contribution in [-0.4, -0.2) is 29.4 Å². The number of likely N-dealkylation sites (tertiary alicyclic amines) is 1. The maximum absolute atomic E-state index is 12.8. The number of carbonyl (C=O) groups excluding carboxylic acids is 2. The standard InChI is InChI=1S/C13H15F3N4O2/c14-13(15,16)8-4-1-2-5-9(8)18-19-11(21)10-6-3-7-20(10)12(17)22/h1-2,4-5,10,18H,3,6-7H2,(H2,17,22)(H,19,21). The zero-order chi connectivity index (χ0) is 16.3. The number of urea groups is 1. The Balaban J connectivity index is 2.05. The van der Waals surface area contributed by atoms with Gasteiger partial charge in [0.1, 0.15) is 6.04 Å². The highest BCUT2D eigenvalue weighted by Gasteiger charge is 2.35. The Morgan fingerprint density at radius 2 is 1.95 bits per heavy atom. The Bertz CT molecular complexity index is 577. The number of alkyl halides is 3. The minimum atomic E-state index is -4.54. The van der Waals surface area contributed by atoms with E-state index in [9.17, 15) is 22.8 Å². The van der Waals surface area contributed by atoms with Gasteiger partial charge in [-0.15, -0.1) is 0 Å². The number of nitrogens with zero attached hydrogens (tertiary/aromatic N) is 1. The molecule has 3 amide bonds. The number of rotatable bonds is 3. The first-order valence-corrected chi connectivity index (χ1v) is 6.59. The molecule has 1 unspecified atom stereocenters. The molecule has 1 atom stereocenters. The smallest absolute Gasteiger partial charge is 0.351 e. The largest absolute Gasteiger partial charge is 0.418 e. The van der Waals surface area contributed by atoms with E-state index in [2.05, 4.69) is 10.9 Å².